The average Bonchev–Trinajstić information content (AvgIpc) is 2.91. The zero-order valence-electron chi connectivity index (χ0n) is 12.9. The molecule has 0 aliphatic carbocycles. The van der Waals surface area contributed by atoms with E-state index < -0.39 is 0 Å². The van der Waals surface area contributed by atoms with Gasteiger partial charge in [-0.3, -0.25) is 9.89 Å². The minimum Gasteiger partial charge on any atom is -0.321 e. The highest BCUT2D eigenvalue weighted by atomic mass is 16.1. The molecule has 0 aliphatic heterocycles. The van der Waals surface area contributed by atoms with Gasteiger partial charge in [0.25, 0.3) is 5.91 Å². The number of para-hydroxylation sites is 1. The molecule has 4 heteroatoms. The van der Waals surface area contributed by atoms with Crippen molar-refractivity contribution in [3.63, 3.8) is 0 Å². The van der Waals surface area contributed by atoms with Crippen molar-refractivity contribution in [1.82, 2.24) is 10.2 Å². The Balaban J connectivity index is 2.29. The van der Waals surface area contributed by atoms with Crippen molar-refractivity contribution in [3.8, 4) is 0 Å². The fourth-order valence-corrected chi connectivity index (χ4v) is 2.23. The van der Waals surface area contributed by atoms with Crippen LogP contribution in [0.5, 0.6) is 0 Å². The molecule has 2 N–H and O–H groups in total. The summed E-state index contributed by atoms with van der Waals surface area (Å²) < 4.78 is 0. The third-order valence-electron chi connectivity index (χ3n) is 3.01. The number of nitrogens with one attached hydrogen (secondary N) is 2. The predicted octanol–water partition coefficient (Wildman–Crippen LogP) is 4.11. The van der Waals surface area contributed by atoms with Crippen molar-refractivity contribution < 1.29 is 4.79 Å². The van der Waals surface area contributed by atoms with E-state index >= 15 is 0 Å². The van der Waals surface area contributed by atoms with Crippen LogP contribution in [0, 0.1) is 5.41 Å². The first-order chi connectivity index (χ1) is 9.87. The first kappa shape index (κ1) is 15.0. The van der Waals surface area contributed by atoms with Gasteiger partial charge >= 0.3 is 0 Å². The van der Waals surface area contributed by atoms with Gasteiger partial charge in [0.2, 0.25) is 0 Å². The summed E-state index contributed by atoms with van der Waals surface area (Å²) in [6, 6.07) is 7.82. The predicted molar refractivity (Wildman–Crippen MR) is 86.1 cm³/mol. The molecule has 0 saturated carbocycles. The molecule has 0 aliphatic rings. The number of aromatic nitrogens is 2. The molecule has 21 heavy (non-hydrogen) atoms. The van der Waals surface area contributed by atoms with Gasteiger partial charge in [0.05, 0.1) is 11.8 Å². The topological polar surface area (TPSA) is 57.8 Å². The van der Waals surface area contributed by atoms with Crippen LogP contribution in [0.3, 0.4) is 0 Å². The molecule has 0 spiro atoms. The van der Waals surface area contributed by atoms with E-state index in [1.54, 1.807) is 6.20 Å². The molecule has 1 aromatic carbocycles. The quantitative estimate of drug-likeness (QED) is 0.890. The van der Waals surface area contributed by atoms with E-state index in [2.05, 4.69) is 49.3 Å². The zero-order chi connectivity index (χ0) is 15.5. The first-order valence-electron chi connectivity index (χ1n) is 6.96. The number of hydrogen-bond acceptors (Lipinski definition) is 2. The van der Waals surface area contributed by atoms with Gasteiger partial charge in [-0.15, -0.1) is 0 Å². The number of nitrogens with zero attached hydrogens (tertiary/aromatic N) is 1. The number of rotatable bonds is 3. The fourth-order valence-electron chi connectivity index (χ4n) is 2.23. The van der Waals surface area contributed by atoms with Gasteiger partial charge in [0.1, 0.15) is 0 Å². The molecule has 0 unspecified atom stereocenters. The van der Waals surface area contributed by atoms with Gasteiger partial charge in [-0.25, -0.2) is 0 Å². The molecule has 1 heterocycles. The second kappa shape index (κ2) is 5.95. The molecule has 110 valence electrons. The lowest BCUT2D eigenvalue weighted by Crippen LogP contribution is -2.12. The van der Waals surface area contributed by atoms with Gasteiger partial charge in [-0.1, -0.05) is 45.0 Å². The lowest BCUT2D eigenvalue weighted by molar-refractivity contribution is 0.102. The number of carbonyl (C=O) groups excluding carboxylic acids is 1. The van der Waals surface area contributed by atoms with Gasteiger partial charge in [-0.2, -0.15) is 5.10 Å². The van der Waals surface area contributed by atoms with Crippen LogP contribution in [0.25, 0.3) is 5.57 Å². The highest BCUT2D eigenvalue weighted by Gasteiger charge is 2.12. The fraction of sp³-hybridized carbons (Fsp3) is 0.294. The summed E-state index contributed by atoms with van der Waals surface area (Å²) in [5.74, 6) is -0.167. The second-order valence-corrected chi connectivity index (χ2v) is 6.18. The van der Waals surface area contributed by atoms with Crippen LogP contribution in [-0.4, -0.2) is 16.1 Å². The molecule has 2 aromatic rings. The first-order valence-corrected chi connectivity index (χ1v) is 6.96. The highest BCUT2D eigenvalue weighted by molar-refractivity contribution is 6.05. The lowest BCUT2D eigenvalue weighted by atomic mass is 9.91. The minimum atomic E-state index is -0.167. The standard InChI is InChI=1S/C17H21N3O/c1-12(9-17(2,3)4)14-7-5-6-8-15(14)20-16(21)13-10-18-19-11-13/h5-11H,1-4H3,(H,18,19)(H,20,21)/b12-9-. The van der Waals surface area contributed by atoms with Crippen LogP contribution >= 0.6 is 0 Å². The summed E-state index contributed by atoms with van der Waals surface area (Å²) in [4.78, 5) is 12.1. The molecule has 0 atom stereocenters. The number of H-pyrrole nitrogens is 1. The Morgan fingerprint density at radius 2 is 2.00 bits per heavy atom. The highest BCUT2D eigenvalue weighted by Crippen LogP contribution is 2.28. The zero-order valence-corrected chi connectivity index (χ0v) is 12.9. The molecular weight excluding hydrogens is 262 g/mol. The molecule has 2 rings (SSSR count). The van der Waals surface area contributed by atoms with Crippen molar-refractivity contribution in [3.05, 3.63) is 53.9 Å². The van der Waals surface area contributed by atoms with E-state index in [9.17, 15) is 4.79 Å². The Hall–Kier alpha value is -2.36. The van der Waals surface area contributed by atoms with Gasteiger partial charge in [0.15, 0.2) is 0 Å². The smallest absolute Gasteiger partial charge is 0.258 e. The Bertz CT molecular complexity index is 649. The lowest BCUT2D eigenvalue weighted by Gasteiger charge is -2.16. The van der Waals surface area contributed by atoms with Crippen LogP contribution < -0.4 is 5.32 Å². The average molecular weight is 283 g/mol. The maximum Gasteiger partial charge on any atom is 0.258 e. The number of amides is 1. The number of benzene rings is 1. The molecule has 4 nitrogen and oxygen atoms in total. The third kappa shape index (κ3) is 4.05. The van der Waals surface area contributed by atoms with Crippen LogP contribution in [0.15, 0.2) is 42.7 Å². The third-order valence-corrected chi connectivity index (χ3v) is 3.01. The van der Waals surface area contributed by atoms with E-state index in [4.69, 9.17) is 0 Å². The van der Waals surface area contributed by atoms with E-state index in [1.165, 1.54) is 6.20 Å². The van der Waals surface area contributed by atoms with Gasteiger partial charge < -0.3 is 5.32 Å². The molecule has 0 saturated heterocycles. The number of carbonyl (C=O) groups is 1. The van der Waals surface area contributed by atoms with Crippen molar-refractivity contribution in [1.29, 1.82) is 0 Å². The summed E-state index contributed by atoms with van der Waals surface area (Å²) in [6.07, 6.45) is 5.29. The summed E-state index contributed by atoms with van der Waals surface area (Å²) in [5, 5.41) is 9.38. The monoisotopic (exact) mass is 283 g/mol. The van der Waals surface area contributed by atoms with Crippen molar-refractivity contribution >= 4 is 17.2 Å². The normalized spacial score (nSPS) is 12.3. The van der Waals surface area contributed by atoms with E-state index in [-0.39, 0.29) is 11.3 Å². The minimum absolute atomic E-state index is 0.0890. The molecule has 1 aromatic heterocycles. The maximum absolute atomic E-state index is 12.1. The summed E-state index contributed by atoms with van der Waals surface area (Å²) in [7, 11) is 0. The number of allylic oxidation sites excluding steroid dienone is 2. The molecule has 0 fully saturated rings. The molecule has 1 amide bonds. The Morgan fingerprint density at radius 1 is 1.29 bits per heavy atom. The van der Waals surface area contributed by atoms with Crippen LogP contribution in [0.2, 0.25) is 0 Å². The summed E-state index contributed by atoms with van der Waals surface area (Å²) in [5.41, 5.74) is 3.59. The van der Waals surface area contributed by atoms with Gasteiger partial charge in [0, 0.05) is 17.4 Å². The number of aromatic amines is 1. The molecule has 0 bridgehead atoms. The van der Waals surface area contributed by atoms with Crippen molar-refractivity contribution in [2.75, 3.05) is 5.32 Å². The van der Waals surface area contributed by atoms with Crippen LogP contribution in [0.1, 0.15) is 43.6 Å². The van der Waals surface area contributed by atoms with Gasteiger partial charge in [-0.05, 0) is 24.0 Å². The van der Waals surface area contributed by atoms with E-state index in [1.807, 2.05) is 24.3 Å². The molecular formula is C17H21N3O. The Kier molecular flexibility index (Phi) is 4.26. The van der Waals surface area contributed by atoms with Crippen molar-refractivity contribution in [2.45, 2.75) is 27.7 Å². The Labute approximate surface area is 125 Å². The molecule has 0 radical (unpaired) electrons. The SMILES string of the molecule is C/C(=C/C(C)(C)C)c1ccccc1NC(=O)c1cn[nH]c1. The Morgan fingerprint density at radius 3 is 2.62 bits per heavy atom. The number of hydrogen-bond donors (Lipinski definition) is 2. The van der Waals surface area contributed by atoms with E-state index in [0.717, 1.165) is 16.8 Å². The number of anilines is 1. The van der Waals surface area contributed by atoms with Crippen LogP contribution in [0.4, 0.5) is 5.69 Å². The summed E-state index contributed by atoms with van der Waals surface area (Å²) >= 11 is 0. The second-order valence-electron chi connectivity index (χ2n) is 6.18. The van der Waals surface area contributed by atoms with Crippen molar-refractivity contribution in [2.24, 2.45) is 5.41 Å². The van der Waals surface area contributed by atoms with E-state index in [0.29, 0.717) is 5.56 Å². The largest absolute Gasteiger partial charge is 0.321 e. The van der Waals surface area contributed by atoms with Crippen LogP contribution in [-0.2, 0) is 0 Å². The summed E-state index contributed by atoms with van der Waals surface area (Å²) in [6.45, 7) is 8.53. The maximum atomic E-state index is 12.1.